The highest BCUT2D eigenvalue weighted by atomic mass is 19.3. The second-order valence-electron chi connectivity index (χ2n) is 6.51. The molecule has 1 aliphatic rings. The smallest absolute Gasteiger partial charge is 0.288 e. The molecule has 3 aromatic rings. The summed E-state index contributed by atoms with van der Waals surface area (Å²) in [5.41, 5.74) is 2.73. The summed E-state index contributed by atoms with van der Waals surface area (Å²) in [6, 6.07) is 4.76. The van der Waals surface area contributed by atoms with Crippen LogP contribution >= 0.6 is 0 Å². The van der Waals surface area contributed by atoms with Gasteiger partial charge in [-0.2, -0.15) is 13.9 Å². The molecule has 154 valence electrons. The summed E-state index contributed by atoms with van der Waals surface area (Å²) in [6.07, 6.45) is 3.01. The van der Waals surface area contributed by atoms with Crippen molar-refractivity contribution in [2.45, 2.75) is 13.0 Å². The Labute approximate surface area is 170 Å². The quantitative estimate of drug-likeness (QED) is 0.633. The van der Waals surface area contributed by atoms with Crippen LogP contribution in [0.1, 0.15) is 29.0 Å². The minimum Gasteiger partial charge on any atom is -0.491 e. The molecule has 1 aliphatic heterocycles. The van der Waals surface area contributed by atoms with Crippen molar-refractivity contribution in [3.05, 3.63) is 54.1 Å². The number of amides is 1. The normalized spacial score (nSPS) is 15.2. The summed E-state index contributed by atoms with van der Waals surface area (Å²) in [6.45, 7) is 1.82. The van der Waals surface area contributed by atoms with Gasteiger partial charge in [0.25, 0.3) is 17.9 Å². The summed E-state index contributed by atoms with van der Waals surface area (Å²) >= 11 is 0. The first-order chi connectivity index (χ1) is 14.4. The van der Waals surface area contributed by atoms with E-state index in [9.17, 15) is 13.6 Å². The Morgan fingerprint density at radius 2 is 2.00 bits per heavy atom. The topological polar surface area (TPSA) is 82.4 Å². The zero-order valence-electron chi connectivity index (χ0n) is 16.3. The molecule has 0 aromatic carbocycles. The first kappa shape index (κ1) is 19.5. The number of hydrogen-bond acceptors (Lipinski definition) is 6. The predicted octanol–water partition coefficient (Wildman–Crippen LogP) is 3.77. The second kappa shape index (κ2) is 7.54. The Bertz CT molecular complexity index is 1160. The molecule has 1 unspecified atom stereocenters. The molecular weight excluding hydrogens is 396 g/mol. The van der Waals surface area contributed by atoms with Gasteiger partial charge in [-0.3, -0.25) is 9.69 Å². The molecule has 30 heavy (non-hydrogen) atoms. The third-order valence-electron chi connectivity index (χ3n) is 4.78. The summed E-state index contributed by atoms with van der Waals surface area (Å²) in [4.78, 5) is 23.3. The van der Waals surface area contributed by atoms with Crippen molar-refractivity contribution in [1.29, 1.82) is 0 Å². The molecule has 8 nitrogen and oxygen atoms in total. The minimum atomic E-state index is -1.89. The van der Waals surface area contributed by atoms with E-state index in [1.54, 1.807) is 24.4 Å². The number of methoxy groups -OCH3 is 2. The van der Waals surface area contributed by atoms with Crippen LogP contribution in [0, 0.1) is 0 Å². The van der Waals surface area contributed by atoms with Gasteiger partial charge < -0.3 is 9.47 Å². The molecule has 0 fully saturated rings. The zero-order valence-corrected chi connectivity index (χ0v) is 16.3. The third-order valence-corrected chi connectivity index (χ3v) is 4.78. The maximum Gasteiger partial charge on any atom is 0.288 e. The number of hydrogen-bond donors (Lipinski definition) is 0. The second-order valence-corrected chi connectivity index (χ2v) is 6.51. The van der Waals surface area contributed by atoms with Gasteiger partial charge in [-0.15, -0.1) is 0 Å². The SMILES string of the molecule is COc1cc(-c2ccc3c(n2)C(C)N(c2cnn(C=C(F)F)c2)C3=O)cnc1OC. The third kappa shape index (κ3) is 3.25. The Balaban J connectivity index is 1.69. The lowest BCUT2D eigenvalue weighted by Crippen LogP contribution is -2.25. The molecule has 0 spiro atoms. The first-order valence-electron chi connectivity index (χ1n) is 8.92. The number of anilines is 1. The van der Waals surface area contributed by atoms with E-state index in [1.807, 2.05) is 6.92 Å². The van der Waals surface area contributed by atoms with E-state index < -0.39 is 12.1 Å². The first-order valence-corrected chi connectivity index (χ1v) is 8.92. The van der Waals surface area contributed by atoms with Crippen LogP contribution in [-0.2, 0) is 0 Å². The molecule has 0 aliphatic carbocycles. The summed E-state index contributed by atoms with van der Waals surface area (Å²) in [5.74, 6) is 0.544. The van der Waals surface area contributed by atoms with E-state index in [2.05, 4.69) is 15.1 Å². The number of nitrogens with zero attached hydrogens (tertiary/aromatic N) is 5. The molecule has 1 amide bonds. The standard InChI is InChI=1S/C20H17F2N5O3/c1-11-18-14(20(28)27(11)13-8-24-26(9-13)10-17(21)22)4-5-15(25-18)12-6-16(29-2)19(30-3)23-7-12/h4-11H,1-3H3. The van der Waals surface area contributed by atoms with Gasteiger partial charge in [-0.25, -0.2) is 14.6 Å². The average Bonchev–Trinajstić information content (AvgIpc) is 3.28. The van der Waals surface area contributed by atoms with E-state index in [0.29, 0.717) is 46.0 Å². The fraction of sp³-hybridized carbons (Fsp3) is 0.200. The van der Waals surface area contributed by atoms with Gasteiger partial charge in [0, 0.05) is 11.8 Å². The van der Waals surface area contributed by atoms with Crippen molar-refractivity contribution in [3.8, 4) is 22.9 Å². The van der Waals surface area contributed by atoms with E-state index in [0.717, 1.165) is 4.68 Å². The molecule has 0 saturated heterocycles. The number of aromatic nitrogens is 4. The minimum absolute atomic E-state index is 0.272. The van der Waals surface area contributed by atoms with Gasteiger partial charge in [0.2, 0.25) is 0 Å². The molecule has 4 rings (SSSR count). The molecule has 0 bridgehead atoms. The average molecular weight is 413 g/mol. The van der Waals surface area contributed by atoms with Crippen molar-refractivity contribution in [2.75, 3.05) is 19.1 Å². The highest BCUT2D eigenvalue weighted by Gasteiger charge is 2.37. The summed E-state index contributed by atoms with van der Waals surface area (Å²) in [7, 11) is 3.02. The van der Waals surface area contributed by atoms with Gasteiger partial charge in [-0.05, 0) is 25.1 Å². The molecule has 0 radical (unpaired) electrons. The van der Waals surface area contributed by atoms with Crippen LogP contribution in [0.25, 0.3) is 17.5 Å². The van der Waals surface area contributed by atoms with Gasteiger partial charge in [0.1, 0.15) is 0 Å². The maximum absolute atomic E-state index is 12.9. The van der Waals surface area contributed by atoms with Crippen molar-refractivity contribution < 1.29 is 23.0 Å². The molecule has 0 saturated carbocycles. The lowest BCUT2D eigenvalue weighted by molar-refractivity contribution is 0.0992. The van der Waals surface area contributed by atoms with Crippen molar-refractivity contribution in [1.82, 2.24) is 19.7 Å². The number of fused-ring (bicyclic) bond motifs is 1. The number of ether oxygens (including phenoxy) is 2. The van der Waals surface area contributed by atoms with E-state index in [4.69, 9.17) is 9.47 Å². The summed E-state index contributed by atoms with van der Waals surface area (Å²) < 4.78 is 36.3. The predicted molar refractivity (Wildman–Crippen MR) is 105 cm³/mol. The lowest BCUT2D eigenvalue weighted by atomic mass is 10.1. The van der Waals surface area contributed by atoms with Crippen molar-refractivity contribution in [2.24, 2.45) is 0 Å². The van der Waals surface area contributed by atoms with Crippen molar-refractivity contribution in [3.63, 3.8) is 0 Å². The van der Waals surface area contributed by atoms with Crippen LogP contribution in [-0.4, -0.2) is 39.9 Å². The Hall–Kier alpha value is -3.82. The Morgan fingerprint density at radius 1 is 1.20 bits per heavy atom. The lowest BCUT2D eigenvalue weighted by Gasteiger charge is -2.19. The van der Waals surface area contributed by atoms with Crippen LogP contribution in [0.5, 0.6) is 11.6 Å². The number of pyridine rings is 2. The Kier molecular flexibility index (Phi) is 4.90. The van der Waals surface area contributed by atoms with E-state index in [1.165, 1.54) is 31.5 Å². The van der Waals surface area contributed by atoms with Crippen LogP contribution in [0.4, 0.5) is 14.5 Å². The van der Waals surface area contributed by atoms with Gasteiger partial charge in [0.05, 0.1) is 61.5 Å². The molecular formula is C20H17F2N5O3. The molecule has 10 heteroatoms. The molecule has 0 N–H and O–H groups in total. The van der Waals surface area contributed by atoms with Gasteiger partial charge >= 0.3 is 0 Å². The fourth-order valence-electron chi connectivity index (χ4n) is 3.40. The number of carbonyl (C=O) groups is 1. The zero-order chi connectivity index (χ0) is 21.4. The molecule has 4 heterocycles. The highest BCUT2D eigenvalue weighted by molar-refractivity contribution is 6.10. The van der Waals surface area contributed by atoms with Gasteiger partial charge in [0.15, 0.2) is 5.75 Å². The molecule has 1 atom stereocenters. The number of rotatable bonds is 5. The van der Waals surface area contributed by atoms with Crippen LogP contribution in [0.3, 0.4) is 0 Å². The summed E-state index contributed by atoms with van der Waals surface area (Å²) in [5, 5.41) is 3.85. The van der Waals surface area contributed by atoms with Crippen molar-refractivity contribution >= 4 is 17.8 Å². The van der Waals surface area contributed by atoms with Crippen LogP contribution in [0.15, 0.2) is 42.9 Å². The fourth-order valence-corrected chi connectivity index (χ4v) is 3.40. The molecule has 3 aromatic heterocycles. The highest BCUT2D eigenvalue weighted by Crippen LogP contribution is 2.38. The van der Waals surface area contributed by atoms with E-state index >= 15 is 0 Å². The van der Waals surface area contributed by atoms with Crippen LogP contribution in [0.2, 0.25) is 0 Å². The van der Waals surface area contributed by atoms with Gasteiger partial charge in [-0.1, -0.05) is 0 Å². The monoisotopic (exact) mass is 413 g/mol. The Morgan fingerprint density at radius 3 is 2.70 bits per heavy atom. The number of halogens is 2. The largest absolute Gasteiger partial charge is 0.491 e. The van der Waals surface area contributed by atoms with Crippen LogP contribution < -0.4 is 14.4 Å². The van der Waals surface area contributed by atoms with E-state index in [-0.39, 0.29) is 5.91 Å². The maximum atomic E-state index is 12.9. The number of carbonyl (C=O) groups excluding carboxylic acids is 1.